The fourth-order valence-electron chi connectivity index (χ4n) is 1.21. The summed E-state index contributed by atoms with van der Waals surface area (Å²) in [7, 11) is -4.51. The average Bonchev–Trinajstić information content (AvgIpc) is 2.15. The van der Waals surface area contributed by atoms with Gasteiger partial charge in [0.15, 0.2) is 6.17 Å². The molecule has 0 spiro atoms. The minimum absolute atomic E-state index is 0.195. The predicted molar refractivity (Wildman–Crippen MR) is 50.8 cm³/mol. The molecule has 0 radical (unpaired) electrons. The van der Waals surface area contributed by atoms with Gasteiger partial charge in [-0.3, -0.25) is 4.55 Å². The first-order valence-corrected chi connectivity index (χ1v) is 5.67. The first-order chi connectivity index (χ1) is 7.23. The summed E-state index contributed by atoms with van der Waals surface area (Å²) in [6.07, 6.45) is -5.81. The SMILES string of the molecule is Cc1ccc(S(=O)(=O)O)cc1C(F)C(F)F. The maximum Gasteiger partial charge on any atom is 0.294 e. The Labute approximate surface area is 90.7 Å². The zero-order valence-corrected chi connectivity index (χ0v) is 9.01. The number of rotatable bonds is 3. The Morgan fingerprint density at radius 3 is 2.25 bits per heavy atom. The van der Waals surface area contributed by atoms with Crippen LogP contribution in [0.25, 0.3) is 0 Å². The van der Waals surface area contributed by atoms with Crippen molar-refractivity contribution in [1.29, 1.82) is 0 Å². The topological polar surface area (TPSA) is 54.4 Å². The second-order valence-corrected chi connectivity index (χ2v) is 4.65. The van der Waals surface area contributed by atoms with Crippen LogP contribution in [0.15, 0.2) is 23.1 Å². The Morgan fingerprint density at radius 1 is 1.25 bits per heavy atom. The van der Waals surface area contributed by atoms with Gasteiger partial charge in [0, 0.05) is 0 Å². The fraction of sp³-hybridized carbons (Fsp3) is 0.333. The highest BCUT2D eigenvalue weighted by atomic mass is 32.2. The first-order valence-electron chi connectivity index (χ1n) is 4.23. The van der Waals surface area contributed by atoms with Crippen LogP contribution < -0.4 is 0 Å². The molecule has 1 N–H and O–H groups in total. The van der Waals surface area contributed by atoms with Gasteiger partial charge in [-0.2, -0.15) is 8.42 Å². The quantitative estimate of drug-likeness (QED) is 0.843. The highest BCUT2D eigenvalue weighted by Crippen LogP contribution is 2.29. The Morgan fingerprint density at radius 2 is 1.81 bits per heavy atom. The Bertz CT molecular complexity index is 485. The van der Waals surface area contributed by atoms with Gasteiger partial charge in [-0.05, 0) is 30.2 Å². The van der Waals surface area contributed by atoms with Crippen molar-refractivity contribution in [2.24, 2.45) is 0 Å². The van der Waals surface area contributed by atoms with Crippen LogP contribution >= 0.6 is 0 Å². The summed E-state index contributed by atoms with van der Waals surface area (Å²) >= 11 is 0. The number of hydrogen-bond donors (Lipinski definition) is 1. The van der Waals surface area contributed by atoms with E-state index in [2.05, 4.69) is 0 Å². The number of alkyl halides is 3. The van der Waals surface area contributed by atoms with E-state index in [9.17, 15) is 21.6 Å². The summed E-state index contributed by atoms with van der Waals surface area (Å²) in [4.78, 5) is -0.601. The van der Waals surface area contributed by atoms with Gasteiger partial charge >= 0.3 is 0 Å². The fourth-order valence-corrected chi connectivity index (χ4v) is 1.73. The lowest BCUT2D eigenvalue weighted by Gasteiger charge is -2.11. The smallest absolute Gasteiger partial charge is 0.282 e. The molecule has 3 nitrogen and oxygen atoms in total. The van der Waals surface area contributed by atoms with E-state index in [0.29, 0.717) is 6.07 Å². The second kappa shape index (κ2) is 4.42. The second-order valence-electron chi connectivity index (χ2n) is 3.23. The van der Waals surface area contributed by atoms with Crippen molar-refractivity contribution in [3.8, 4) is 0 Å². The van der Waals surface area contributed by atoms with Gasteiger partial charge in [0.2, 0.25) is 0 Å². The summed E-state index contributed by atoms with van der Waals surface area (Å²) in [5.74, 6) is 0. The van der Waals surface area contributed by atoms with E-state index in [0.717, 1.165) is 12.1 Å². The molecular weight excluding hydrogens is 245 g/mol. The summed E-state index contributed by atoms with van der Waals surface area (Å²) in [5.41, 5.74) is -0.245. The van der Waals surface area contributed by atoms with Crippen molar-refractivity contribution in [2.75, 3.05) is 0 Å². The third-order valence-electron chi connectivity index (χ3n) is 2.07. The van der Waals surface area contributed by atoms with E-state index in [-0.39, 0.29) is 5.56 Å². The molecule has 0 aromatic heterocycles. The molecule has 0 saturated carbocycles. The van der Waals surface area contributed by atoms with Crippen LogP contribution in [0.3, 0.4) is 0 Å². The molecule has 0 aliphatic heterocycles. The molecular formula is C9H9F3O3S. The van der Waals surface area contributed by atoms with E-state index in [4.69, 9.17) is 4.55 Å². The molecule has 90 valence electrons. The molecule has 7 heteroatoms. The molecule has 1 aromatic carbocycles. The largest absolute Gasteiger partial charge is 0.294 e. The summed E-state index contributed by atoms with van der Waals surface area (Å²) < 4.78 is 67.5. The van der Waals surface area contributed by atoms with Gasteiger partial charge < -0.3 is 0 Å². The molecule has 1 rings (SSSR count). The van der Waals surface area contributed by atoms with Gasteiger partial charge in [-0.1, -0.05) is 6.07 Å². The molecule has 0 aliphatic carbocycles. The van der Waals surface area contributed by atoms with E-state index in [1.54, 1.807) is 0 Å². The number of benzene rings is 1. The highest BCUT2D eigenvalue weighted by Gasteiger charge is 2.24. The van der Waals surface area contributed by atoms with Crippen molar-refractivity contribution >= 4 is 10.1 Å². The average molecular weight is 254 g/mol. The molecule has 0 bridgehead atoms. The number of hydrogen-bond acceptors (Lipinski definition) is 2. The van der Waals surface area contributed by atoms with Gasteiger partial charge in [0.1, 0.15) is 0 Å². The molecule has 0 heterocycles. The molecule has 1 atom stereocenters. The van der Waals surface area contributed by atoms with Crippen molar-refractivity contribution < 1.29 is 26.1 Å². The summed E-state index contributed by atoms with van der Waals surface area (Å²) in [6, 6.07) is 2.89. The zero-order valence-electron chi connectivity index (χ0n) is 8.19. The minimum Gasteiger partial charge on any atom is -0.282 e. The molecule has 16 heavy (non-hydrogen) atoms. The molecule has 0 fully saturated rings. The molecule has 1 unspecified atom stereocenters. The van der Waals surface area contributed by atoms with E-state index in [1.165, 1.54) is 6.92 Å². The van der Waals surface area contributed by atoms with E-state index >= 15 is 0 Å². The van der Waals surface area contributed by atoms with E-state index in [1.807, 2.05) is 0 Å². The lowest BCUT2D eigenvalue weighted by Crippen LogP contribution is -2.07. The van der Waals surface area contributed by atoms with Gasteiger partial charge in [-0.15, -0.1) is 0 Å². The standard InChI is InChI=1S/C9H9F3O3S/c1-5-2-3-6(16(13,14)15)4-7(5)8(10)9(11)12/h2-4,8-9H,1H3,(H,13,14,15). The lowest BCUT2D eigenvalue weighted by atomic mass is 10.1. The van der Waals surface area contributed by atoms with Crippen LogP contribution in [0, 0.1) is 6.92 Å². The maximum atomic E-state index is 13.1. The van der Waals surface area contributed by atoms with Crippen LogP contribution in [-0.2, 0) is 10.1 Å². The van der Waals surface area contributed by atoms with Crippen LogP contribution in [-0.4, -0.2) is 19.4 Å². The molecule has 1 aromatic rings. The Balaban J connectivity index is 3.30. The molecule has 0 saturated heterocycles. The summed E-state index contributed by atoms with van der Waals surface area (Å²) in [5, 5.41) is 0. The van der Waals surface area contributed by atoms with Crippen molar-refractivity contribution in [1.82, 2.24) is 0 Å². The minimum atomic E-state index is -4.51. The first kappa shape index (κ1) is 13.0. The highest BCUT2D eigenvalue weighted by molar-refractivity contribution is 7.85. The van der Waals surface area contributed by atoms with Crippen molar-refractivity contribution in [3.63, 3.8) is 0 Å². The number of halogens is 3. The van der Waals surface area contributed by atoms with Gasteiger partial charge in [0.25, 0.3) is 16.5 Å². The third-order valence-corrected chi connectivity index (χ3v) is 2.92. The third kappa shape index (κ3) is 2.73. The normalized spacial score (nSPS) is 14.1. The van der Waals surface area contributed by atoms with Crippen LogP contribution in [0.2, 0.25) is 0 Å². The maximum absolute atomic E-state index is 13.1. The van der Waals surface area contributed by atoms with Gasteiger partial charge in [-0.25, -0.2) is 13.2 Å². The molecule has 0 amide bonds. The van der Waals surface area contributed by atoms with Gasteiger partial charge in [0.05, 0.1) is 4.90 Å². The van der Waals surface area contributed by atoms with Crippen molar-refractivity contribution in [2.45, 2.75) is 24.4 Å². The Hall–Kier alpha value is -1.08. The predicted octanol–water partition coefficient (Wildman–Crippen LogP) is 2.52. The van der Waals surface area contributed by atoms with E-state index < -0.39 is 33.2 Å². The zero-order chi connectivity index (χ0) is 12.5. The van der Waals surface area contributed by atoms with Crippen LogP contribution in [0.4, 0.5) is 13.2 Å². The van der Waals surface area contributed by atoms with Crippen molar-refractivity contribution in [3.05, 3.63) is 29.3 Å². The molecule has 0 aliphatic rings. The van der Waals surface area contributed by atoms with Crippen LogP contribution in [0.1, 0.15) is 17.3 Å². The monoisotopic (exact) mass is 254 g/mol. The lowest BCUT2D eigenvalue weighted by molar-refractivity contribution is 0.0491. The summed E-state index contributed by atoms with van der Waals surface area (Å²) in [6.45, 7) is 1.37. The Kier molecular flexibility index (Phi) is 3.59. The number of aryl methyl sites for hydroxylation is 1. The van der Waals surface area contributed by atoms with Crippen LogP contribution in [0.5, 0.6) is 0 Å².